The molecule has 1 aromatic carbocycles. The first kappa shape index (κ1) is 25.6. The number of para-hydroxylation sites is 1. The van der Waals surface area contributed by atoms with Gasteiger partial charge in [0, 0.05) is 12.2 Å². The summed E-state index contributed by atoms with van der Waals surface area (Å²) < 4.78 is 6.47. The van der Waals surface area contributed by atoms with E-state index in [2.05, 4.69) is 10.6 Å². The van der Waals surface area contributed by atoms with Crippen molar-refractivity contribution in [1.29, 1.82) is 0 Å². The zero-order valence-corrected chi connectivity index (χ0v) is 21.5. The number of hydrogen-bond acceptors (Lipinski definition) is 5. The molecule has 3 saturated heterocycles. The van der Waals surface area contributed by atoms with Crippen molar-refractivity contribution in [2.75, 3.05) is 18.5 Å². The van der Waals surface area contributed by atoms with Crippen LogP contribution >= 0.6 is 0 Å². The number of aliphatic hydroxyl groups is 1. The van der Waals surface area contributed by atoms with Gasteiger partial charge in [-0.3, -0.25) is 14.4 Å². The Morgan fingerprint density at radius 2 is 1.91 bits per heavy atom. The van der Waals surface area contributed by atoms with Gasteiger partial charge in [0.15, 0.2) is 0 Å². The molecule has 4 rings (SSSR count). The largest absolute Gasteiger partial charge is 0.394 e. The monoisotopic (exact) mass is 485 g/mol. The average Bonchev–Trinajstić information content (AvgIpc) is 3.48. The summed E-state index contributed by atoms with van der Waals surface area (Å²) in [6.45, 7) is 10.1. The Hall–Kier alpha value is -2.45. The van der Waals surface area contributed by atoms with Gasteiger partial charge in [-0.05, 0) is 50.2 Å². The van der Waals surface area contributed by atoms with Crippen molar-refractivity contribution in [2.45, 2.75) is 84.1 Å². The highest BCUT2D eigenvalue weighted by atomic mass is 16.5. The minimum atomic E-state index is -1.07. The molecule has 0 aliphatic carbocycles. The summed E-state index contributed by atoms with van der Waals surface area (Å²) in [7, 11) is 0. The predicted molar refractivity (Wildman–Crippen MR) is 133 cm³/mol. The second kappa shape index (κ2) is 9.90. The number of fused-ring (bicyclic) bond motifs is 1. The van der Waals surface area contributed by atoms with Crippen molar-refractivity contribution in [2.24, 2.45) is 17.8 Å². The van der Waals surface area contributed by atoms with Crippen molar-refractivity contribution < 1.29 is 24.2 Å². The van der Waals surface area contributed by atoms with Gasteiger partial charge in [-0.1, -0.05) is 45.4 Å². The van der Waals surface area contributed by atoms with Crippen LogP contribution in [0.25, 0.3) is 0 Å². The van der Waals surface area contributed by atoms with Crippen LogP contribution in [0.1, 0.15) is 57.6 Å². The van der Waals surface area contributed by atoms with Crippen molar-refractivity contribution >= 4 is 23.4 Å². The Morgan fingerprint density at radius 3 is 2.51 bits per heavy atom. The van der Waals surface area contributed by atoms with Crippen LogP contribution in [-0.2, 0) is 19.1 Å². The van der Waals surface area contributed by atoms with Crippen LogP contribution in [0.4, 0.5) is 5.69 Å². The number of aryl methyl sites for hydroxylation is 2. The van der Waals surface area contributed by atoms with E-state index in [4.69, 9.17) is 4.74 Å². The summed E-state index contributed by atoms with van der Waals surface area (Å²) >= 11 is 0. The molecule has 2 unspecified atom stereocenters. The molecule has 7 atom stereocenters. The average molecular weight is 486 g/mol. The molecule has 8 heteroatoms. The molecule has 192 valence electrons. The first-order valence-electron chi connectivity index (χ1n) is 13.0. The third-order valence-corrected chi connectivity index (χ3v) is 8.41. The van der Waals surface area contributed by atoms with Crippen molar-refractivity contribution in [3.05, 3.63) is 29.3 Å². The summed E-state index contributed by atoms with van der Waals surface area (Å²) in [6, 6.07) is 4.35. The molecule has 3 amide bonds. The van der Waals surface area contributed by atoms with Crippen LogP contribution in [0.15, 0.2) is 18.2 Å². The predicted octanol–water partition coefficient (Wildman–Crippen LogP) is 2.55. The Balaban J connectivity index is 1.77. The number of carbonyl (C=O) groups excluding carboxylic acids is 3. The maximum absolute atomic E-state index is 14.1. The van der Waals surface area contributed by atoms with Gasteiger partial charge in [0.2, 0.25) is 17.7 Å². The molecular weight excluding hydrogens is 446 g/mol. The summed E-state index contributed by atoms with van der Waals surface area (Å²) in [5, 5.41) is 16.4. The fourth-order valence-corrected chi connectivity index (χ4v) is 6.43. The SMILES string of the molecule is CCCNC(=O)[C@@H]1[C@@H]2CCC3(O2)C(C(=O)Nc2c(C)cccc2C)N([C@@H](CO)[C@@H](C)CC)C(=O)[C@H]13. The fraction of sp³-hybridized carbons (Fsp3) is 0.667. The number of carbonyl (C=O) groups is 3. The Morgan fingerprint density at radius 1 is 1.23 bits per heavy atom. The van der Waals surface area contributed by atoms with Crippen LogP contribution in [0.5, 0.6) is 0 Å². The Bertz CT molecular complexity index is 977. The number of benzene rings is 1. The molecular formula is C27H39N3O5. The first-order chi connectivity index (χ1) is 16.7. The number of nitrogens with one attached hydrogen (secondary N) is 2. The lowest BCUT2D eigenvalue weighted by Gasteiger charge is -2.39. The smallest absolute Gasteiger partial charge is 0.250 e. The summed E-state index contributed by atoms with van der Waals surface area (Å²) in [5.41, 5.74) is 1.51. The topological polar surface area (TPSA) is 108 Å². The van der Waals surface area contributed by atoms with Gasteiger partial charge in [-0.25, -0.2) is 0 Å². The molecule has 3 fully saturated rings. The van der Waals surface area contributed by atoms with Crippen molar-refractivity contribution in [1.82, 2.24) is 10.2 Å². The first-order valence-corrected chi connectivity index (χ1v) is 13.0. The Labute approximate surface area is 207 Å². The maximum atomic E-state index is 14.1. The molecule has 1 aromatic rings. The standard InChI is InChI=1S/C27H39N3O5/c1-6-13-28-24(32)20-19-11-12-27(35-19)21(20)26(34)30(18(14-31)15(3)7-2)23(27)25(33)29-22-16(4)9-8-10-17(22)5/h8-10,15,18-21,23,31H,6-7,11-14H2,1-5H3,(H,28,32)(H,29,33)/t15-,18-,19-,20+,21-,23?,27?/m0/s1. The van der Waals surface area contributed by atoms with Crippen LogP contribution in [0, 0.1) is 31.6 Å². The zero-order valence-electron chi connectivity index (χ0n) is 21.5. The van der Waals surface area contributed by atoms with E-state index in [1.807, 2.05) is 52.8 Å². The lowest BCUT2D eigenvalue weighted by molar-refractivity contribution is -0.145. The van der Waals surface area contributed by atoms with Crippen LogP contribution < -0.4 is 10.6 Å². The molecule has 3 aliphatic rings. The lowest BCUT2D eigenvalue weighted by Crippen LogP contribution is -2.57. The van der Waals surface area contributed by atoms with Gasteiger partial charge in [0.1, 0.15) is 11.6 Å². The quantitative estimate of drug-likeness (QED) is 0.498. The molecule has 3 aliphatic heterocycles. The number of anilines is 1. The van der Waals surface area contributed by atoms with E-state index in [0.717, 1.165) is 29.7 Å². The van der Waals surface area contributed by atoms with Gasteiger partial charge < -0.3 is 25.4 Å². The van der Waals surface area contributed by atoms with E-state index in [9.17, 15) is 19.5 Å². The molecule has 35 heavy (non-hydrogen) atoms. The summed E-state index contributed by atoms with van der Waals surface area (Å²) in [4.78, 5) is 42.8. The minimum Gasteiger partial charge on any atom is -0.394 e. The maximum Gasteiger partial charge on any atom is 0.250 e. The number of aliphatic hydroxyl groups excluding tert-OH is 1. The van der Waals surface area contributed by atoms with Crippen molar-refractivity contribution in [3.8, 4) is 0 Å². The normalized spacial score (nSPS) is 30.8. The molecule has 3 N–H and O–H groups in total. The van der Waals surface area contributed by atoms with Crippen LogP contribution in [-0.4, -0.2) is 64.7 Å². The molecule has 1 spiro atoms. The molecule has 0 saturated carbocycles. The third kappa shape index (κ3) is 4.04. The molecule has 3 heterocycles. The van der Waals surface area contributed by atoms with Gasteiger partial charge in [-0.15, -0.1) is 0 Å². The van der Waals surface area contributed by atoms with E-state index < -0.39 is 29.5 Å². The Kier molecular flexibility index (Phi) is 7.25. The molecule has 0 aromatic heterocycles. The number of rotatable bonds is 9. The van der Waals surface area contributed by atoms with E-state index in [1.54, 1.807) is 4.90 Å². The van der Waals surface area contributed by atoms with E-state index in [1.165, 1.54) is 0 Å². The number of ether oxygens (including phenoxy) is 1. The fourth-order valence-electron chi connectivity index (χ4n) is 6.43. The zero-order chi connectivity index (χ0) is 25.5. The highest BCUT2D eigenvalue weighted by molar-refractivity contribution is 6.04. The van der Waals surface area contributed by atoms with Crippen LogP contribution in [0.3, 0.4) is 0 Å². The number of likely N-dealkylation sites (tertiary alicyclic amines) is 1. The van der Waals surface area contributed by atoms with Crippen LogP contribution in [0.2, 0.25) is 0 Å². The summed E-state index contributed by atoms with van der Waals surface area (Å²) in [6.07, 6.45) is 2.31. The van der Waals surface area contributed by atoms with E-state index >= 15 is 0 Å². The summed E-state index contributed by atoms with van der Waals surface area (Å²) in [5.74, 6) is -2.15. The van der Waals surface area contributed by atoms with E-state index in [-0.39, 0.29) is 36.4 Å². The van der Waals surface area contributed by atoms with Gasteiger partial charge in [-0.2, -0.15) is 0 Å². The van der Waals surface area contributed by atoms with Crippen molar-refractivity contribution in [3.63, 3.8) is 0 Å². The van der Waals surface area contributed by atoms with E-state index in [0.29, 0.717) is 19.4 Å². The highest BCUT2D eigenvalue weighted by Crippen LogP contribution is 2.59. The highest BCUT2D eigenvalue weighted by Gasteiger charge is 2.75. The molecule has 8 nitrogen and oxygen atoms in total. The minimum absolute atomic E-state index is 0.0285. The lowest BCUT2D eigenvalue weighted by atomic mass is 9.70. The number of amides is 3. The molecule has 2 bridgehead atoms. The molecule has 0 radical (unpaired) electrons. The second-order valence-electron chi connectivity index (χ2n) is 10.5. The third-order valence-electron chi connectivity index (χ3n) is 8.41. The second-order valence-corrected chi connectivity index (χ2v) is 10.5. The van der Waals surface area contributed by atoms with Gasteiger partial charge >= 0.3 is 0 Å². The van der Waals surface area contributed by atoms with Gasteiger partial charge in [0.25, 0.3) is 0 Å². The van der Waals surface area contributed by atoms with Gasteiger partial charge in [0.05, 0.1) is 30.6 Å². The number of hydrogen-bond donors (Lipinski definition) is 3. The number of nitrogens with zero attached hydrogens (tertiary/aromatic N) is 1.